The van der Waals surface area contributed by atoms with Crippen LogP contribution in [-0.2, 0) is 0 Å². The predicted molar refractivity (Wildman–Crippen MR) is 74.4 cm³/mol. The van der Waals surface area contributed by atoms with Crippen LogP contribution in [0.2, 0.25) is 10.0 Å². The molecule has 2 amide bonds. The van der Waals surface area contributed by atoms with Crippen LogP contribution in [0.3, 0.4) is 0 Å². The van der Waals surface area contributed by atoms with Crippen molar-refractivity contribution >= 4 is 34.9 Å². The number of nitrogens with one attached hydrogen (secondary N) is 1. The molecule has 2 N–H and O–H groups in total. The molecule has 4 nitrogen and oxygen atoms in total. The minimum atomic E-state index is -0.941. The van der Waals surface area contributed by atoms with Gasteiger partial charge in [0.25, 0.3) is 0 Å². The van der Waals surface area contributed by atoms with Gasteiger partial charge in [0.15, 0.2) is 0 Å². The highest BCUT2D eigenvalue weighted by atomic mass is 35.5. The van der Waals surface area contributed by atoms with Gasteiger partial charge in [-0.1, -0.05) is 23.2 Å². The van der Waals surface area contributed by atoms with Crippen LogP contribution in [0.5, 0.6) is 0 Å². The van der Waals surface area contributed by atoms with E-state index in [0.717, 1.165) is 0 Å². The molecule has 0 aliphatic heterocycles. The van der Waals surface area contributed by atoms with Gasteiger partial charge in [-0.3, -0.25) is 0 Å². The van der Waals surface area contributed by atoms with Crippen LogP contribution in [0, 0.1) is 0 Å². The Labute approximate surface area is 116 Å². The number of aliphatic hydroxyl groups is 1. The highest BCUT2D eigenvalue weighted by Gasteiger charge is 2.19. The van der Waals surface area contributed by atoms with Gasteiger partial charge in [0, 0.05) is 12.7 Å². The molecule has 18 heavy (non-hydrogen) atoms. The Morgan fingerprint density at radius 2 is 2.00 bits per heavy atom. The number of benzene rings is 1. The molecule has 0 aliphatic rings. The number of rotatable bonds is 3. The van der Waals surface area contributed by atoms with Crippen molar-refractivity contribution in [3.8, 4) is 0 Å². The van der Waals surface area contributed by atoms with Gasteiger partial charge in [0.05, 0.1) is 22.2 Å². The fraction of sp³-hybridized carbons (Fsp3) is 0.417. The molecule has 0 radical (unpaired) electrons. The zero-order valence-electron chi connectivity index (χ0n) is 10.5. The summed E-state index contributed by atoms with van der Waals surface area (Å²) in [7, 11) is 1.60. The number of likely N-dealkylation sites (N-methyl/N-ethyl adjacent to an activating group) is 1. The van der Waals surface area contributed by atoms with Crippen molar-refractivity contribution < 1.29 is 9.90 Å². The molecule has 1 rings (SSSR count). The molecule has 0 fully saturated rings. The average molecular weight is 291 g/mol. The lowest BCUT2D eigenvalue weighted by molar-refractivity contribution is 0.0550. The Bertz CT molecular complexity index is 444. The predicted octanol–water partition coefficient (Wildman–Crippen LogP) is 3.23. The maximum Gasteiger partial charge on any atom is 0.321 e. The molecule has 0 aromatic heterocycles. The van der Waals surface area contributed by atoms with Crippen molar-refractivity contribution in [2.24, 2.45) is 0 Å². The van der Waals surface area contributed by atoms with Crippen LogP contribution in [0.1, 0.15) is 13.8 Å². The molecule has 0 unspecified atom stereocenters. The topological polar surface area (TPSA) is 52.6 Å². The summed E-state index contributed by atoms with van der Waals surface area (Å²) in [6, 6.07) is 4.51. The summed E-state index contributed by atoms with van der Waals surface area (Å²) in [6.07, 6.45) is 0. The number of amides is 2. The van der Waals surface area contributed by atoms with Gasteiger partial charge in [0.1, 0.15) is 0 Å². The molecule has 100 valence electrons. The Kier molecular flexibility index (Phi) is 4.85. The standard InChI is InChI=1S/C12H16Cl2N2O2/c1-12(2,18)7-16(3)11(17)15-8-4-5-9(13)10(14)6-8/h4-6,18H,7H2,1-3H3,(H,15,17). The van der Waals surface area contributed by atoms with E-state index in [1.165, 1.54) is 4.90 Å². The second-order valence-electron chi connectivity index (χ2n) is 4.73. The fourth-order valence-electron chi connectivity index (χ4n) is 1.45. The van der Waals surface area contributed by atoms with Crippen LogP contribution in [0.15, 0.2) is 18.2 Å². The second kappa shape index (κ2) is 5.78. The number of nitrogens with zero attached hydrogens (tertiary/aromatic N) is 1. The smallest absolute Gasteiger partial charge is 0.321 e. The number of hydrogen-bond donors (Lipinski definition) is 2. The van der Waals surface area contributed by atoms with Crippen LogP contribution >= 0.6 is 23.2 Å². The van der Waals surface area contributed by atoms with Gasteiger partial charge >= 0.3 is 6.03 Å². The number of carbonyl (C=O) groups is 1. The number of carbonyl (C=O) groups excluding carboxylic acids is 1. The number of urea groups is 1. The molecule has 1 aromatic carbocycles. The molecular formula is C12H16Cl2N2O2. The molecule has 6 heteroatoms. The van der Waals surface area contributed by atoms with Crippen LogP contribution < -0.4 is 5.32 Å². The van der Waals surface area contributed by atoms with Crippen LogP contribution in [-0.4, -0.2) is 35.2 Å². The summed E-state index contributed by atoms with van der Waals surface area (Å²) in [5.41, 5.74) is -0.388. The van der Waals surface area contributed by atoms with Gasteiger partial charge in [-0.2, -0.15) is 0 Å². The van der Waals surface area contributed by atoms with E-state index >= 15 is 0 Å². The second-order valence-corrected chi connectivity index (χ2v) is 5.54. The number of halogens is 2. The first-order valence-corrected chi connectivity index (χ1v) is 6.14. The molecule has 0 aliphatic carbocycles. The molecule has 0 saturated heterocycles. The van der Waals surface area contributed by atoms with Crippen molar-refractivity contribution in [1.29, 1.82) is 0 Å². The van der Waals surface area contributed by atoms with E-state index in [-0.39, 0.29) is 12.6 Å². The molecule has 0 saturated carbocycles. The maximum atomic E-state index is 11.8. The number of hydrogen-bond acceptors (Lipinski definition) is 2. The SMILES string of the molecule is CN(CC(C)(C)O)C(=O)Nc1ccc(Cl)c(Cl)c1. The first kappa shape index (κ1) is 15.1. The lowest BCUT2D eigenvalue weighted by atomic mass is 10.1. The third kappa shape index (κ3) is 4.72. The van der Waals surface area contributed by atoms with E-state index in [2.05, 4.69) is 5.32 Å². The molecule has 1 aromatic rings. The van der Waals surface area contributed by atoms with E-state index in [1.54, 1.807) is 39.1 Å². The first-order chi connectivity index (χ1) is 8.19. The Morgan fingerprint density at radius 3 is 2.50 bits per heavy atom. The summed E-state index contributed by atoms with van der Waals surface area (Å²) in [4.78, 5) is 13.2. The highest BCUT2D eigenvalue weighted by molar-refractivity contribution is 6.42. The van der Waals surface area contributed by atoms with Gasteiger partial charge in [0.2, 0.25) is 0 Å². The third-order valence-electron chi connectivity index (χ3n) is 2.14. The first-order valence-electron chi connectivity index (χ1n) is 5.38. The van der Waals surface area contributed by atoms with Crippen molar-refractivity contribution in [2.45, 2.75) is 19.4 Å². The van der Waals surface area contributed by atoms with Gasteiger partial charge in [-0.15, -0.1) is 0 Å². The lowest BCUT2D eigenvalue weighted by Gasteiger charge is -2.25. The van der Waals surface area contributed by atoms with E-state index in [1.807, 2.05) is 0 Å². The Balaban J connectivity index is 2.67. The van der Waals surface area contributed by atoms with E-state index in [0.29, 0.717) is 15.7 Å². The molecule has 0 spiro atoms. The minimum Gasteiger partial charge on any atom is -0.389 e. The Morgan fingerprint density at radius 1 is 1.39 bits per heavy atom. The quantitative estimate of drug-likeness (QED) is 0.898. The lowest BCUT2D eigenvalue weighted by Crippen LogP contribution is -2.41. The summed E-state index contributed by atoms with van der Waals surface area (Å²) < 4.78 is 0. The summed E-state index contributed by atoms with van der Waals surface area (Å²) in [5, 5.41) is 13.1. The summed E-state index contributed by atoms with van der Waals surface area (Å²) >= 11 is 11.6. The monoisotopic (exact) mass is 290 g/mol. The average Bonchev–Trinajstić information content (AvgIpc) is 2.21. The van der Waals surface area contributed by atoms with Crippen molar-refractivity contribution in [2.75, 3.05) is 18.9 Å². The zero-order chi connectivity index (χ0) is 13.9. The van der Waals surface area contributed by atoms with E-state index < -0.39 is 5.60 Å². The Hall–Kier alpha value is -0.970. The number of anilines is 1. The fourth-order valence-corrected chi connectivity index (χ4v) is 1.74. The summed E-state index contributed by atoms with van der Waals surface area (Å²) in [6.45, 7) is 3.49. The molecular weight excluding hydrogens is 275 g/mol. The minimum absolute atomic E-state index is 0.222. The highest BCUT2D eigenvalue weighted by Crippen LogP contribution is 2.25. The molecule has 0 heterocycles. The molecule has 0 bridgehead atoms. The van der Waals surface area contributed by atoms with Crippen LogP contribution in [0.4, 0.5) is 10.5 Å². The summed E-state index contributed by atoms with van der Waals surface area (Å²) in [5.74, 6) is 0. The van der Waals surface area contributed by atoms with E-state index in [4.69, 9.17) is 23.2 Å². The van der Waals surface area contributed by atoms with Crippen molar-refractivity contribution in [3.05, 3.63) is 28.2 Å². The third-order valence-corrected chi connectivity index (χ3v) is 2.88. The van der Waals surface area contributed by atoms with Crippen molar-refractivity contribution in [1.82, 2.24) is 4.90 Å². The largest absolute Gasteiger partial charge is 0.389 e. The zero-order valence-corrected chi connectivity index (χ0v) is 12.0. The normalized spacial score (nSPS) is 11.2. The van der Waals surface area contributed by atoms with Gasteiger partial charge in [-0.05, 0) is 32.0 Å². The van der Waals surface area contributed by atoms with Crippen molar-refractivity contribution in [3.63, 3.8) is 0 Å². The van der Waals surface area contributed by atoms with Gasteiger partial charge in [-0.25, -0.2) is 4.79 Å². The van der Waals surface area contributed by atoms with Gasteiger partial charge < -0.3 is 15.3 Å². The van der Waals surface area contributed by atoms with E-state index in [9.17, 15) is 9.90 Å². The van der Waals surface area contributed by atoms with Crippen LogP contribution in [0.25, 0.3) is 0 Å². The molecule has 0 atom stereocenters. The maximum absolute atomic E-state index is 11.8.